The average molecular weight is 287 g/mol. The molecule has 1 atom stereocenters. The lowest BCUT2D eigenvalue weighted by atomic mass is 10.3. The lowest BCUT2D eigenvalue weighted by molar-refractivity contribution is 0.448. The highest BCUT2D eigenvalue weighted by Gasteiger charge is 2.28. The average Bonchev–Trinajstić information content (AvgIpc) is 2.99. The van der Waals surface area contributed by atoms with Crippen molar-refractivity contribution in [3.8, 4) is 0 Å². The van der Waals surface area contributed by atoms with Crippen LogP contribution in [0.1, 0.15) is 45.0 Å². The van der Waals surface area contributed by atoms with Crippen molar-refractivity contribution < 1.29 is 8.42 Å². The topological polar surface area (TPSA) is 80.1 Å². The SMILES string of the molecule is CCCn1ncnc1C(C)NS(=O)(=O)N1CCCC1. The molecule has 1 aromatic rings. The first-order valence-electron chi connectivity index (χ1n) is 6.69. The van der Waals surface area contributed by atoms with Crippen LogP contribution < -0.4 is 4.72 Å². The van der Waals surface area contributed by atoms with Gasteiger partial charge in [-0.25, -0.2) is 9.67 Å². The number of hydrogen-bond acceptors (Lipinski definition) is 4. The highest BCUT2D eigenvalue weighted by molar-refractivity contribution is 7.87. The van der Waals surface area contributed by atoms with Crippen LogP contribution in [-0.4, -0.2) is 40.6 Å². The monoisotopic (exact) mass is 287 g/mol. The predicted molar refractivity (Wildman–Crippen MR) is 71.6 cm³/mol. The summed E-state index contributed by atoms with van der Waals surface area (Å²) in [4.78, 5) is 4.15. The van der Waals surface area contributed by atoms with Crippen LogP contribution in [0.2, 0.25) is 0 Å². The molecule has 1 unspecified atom stereocenters. The van der Waals surface area contributed by atoms with E-state index in [4.69, 9.17) is 0 Å². The molecule has 1 N–H and O–H groups in total. The summed E-state index contributed by atoms with van der Waals surface area (Å²) in [6, 6.07) is -0.375. The van der Waals surface area contributed by atoms with E-state index < -0.39 is 10.2 Å². The van der Waals surface area contributed by atoms with Crippen LogP contribution in [0.3, 0.4) is 0 Å². The van der Waals surface area contributed by atoms with Gasteiger partial charge < -0.3 is 0 Å². The summed E-state index contributed by atoms with van der Waals surface area (Å²) >= 11 is 0. The fourth-order valence-electron chi connectivity index (χ4n) is 2.27. The van der Waals surface area contributed by atoms with Gasteiger partial charge in [0.05, 0.1) is 6.04 Å². The zero-order valence-corrected chi connectivity index (χ0v) is 12.2. The first-order chi connectivity index (χ1) is 9.04. The second-order valence-electron chi connectivity index (χ2n) is 4.79. The molecule has 19 heavy (non-hydrogen) atoms. The Balaban J connectivity index is 2.07. The molecule has 0 amide bonds. The molecule has 0 aromatic carbocycles. The third kappa shape index (κ3) is 3.31. The maximum absolute atomic E-state index is 12.2. The van der Waals surface area contributed by atoms with Crippen molar-refractivity contribution in [2.75, 3.05) is 13.1 Å². The van der Waals surface area contributed by atoms with Gasteiger partial charge in [-0.05, 0) is 26.2 Å². The second-order valence-corrected chi connectivity index (χ2v) is 6.49. The molecule has 0 aliphatic carbocycles. The Morgan fingerprint density at radius 2 is 2.11 bits per heavy atom. The maximum Gasteiger partial charge on any atom is 0.280 e. The summed E-state index contributed by atoms with van der Waals surface area (Å²) in [6.45, 7) is 5.78. The molecule has 2 heterocycles. The number of aromatic nitrogens is 3. The number of nitrogens with one attached hydrogen (secondary N) is 1. The first-order valence-corrected chi connectivity index (χ1v) is 8.13. The smallest absolute Gasteiger partial charge is 0.249 e. The van der Waals surface area contributed by atoms with Crippen molar-refractivity contribution in [3.63, 3.8) is 0 Å². The van der Waals surface area contributed by atoms with Crippen LogP contribution in [0.25, 0.3) is 0 Å². The van der Waals surface area contributed by atoms with Gasteiger partial charge >= 0.3 is 0 Å². The van der Waals surface area contributed by atoms with Gasteiger partial charge in [0, 0.05) is 19.6 Å². The normalized spacial score (nSPS) is 18.8. The molecule has 0 bridgehead atoms. The summed E-state index contributed by atoms with van der Waals surface area (Å²) in [5, 5.41) is 4.11. The molecule has 0 radical (unpaired) electrons. The standard InChI is InChI=1S/C11H21N5O2S/c1-3-6-16-11(12-9-13-16)10(2)14-19(17,18)15-7-4-5-8-15/h9-10,14H,3-8H2,1-2H3. The van der Waals surface area contributed by atoms with Gasteiger partial charge in [0.1, 0.15) is 12.2 Å². The number of nitrogens with zero attached hydrogens (tertiary/aromatic N) is 4. The van der Waals surface area contributed by atoms with Crippen LogP contribution >= 0.6 is 0 Å². The van der Waals surface area contributed by atoms with Gasteiger partial charge in [0.2, 0.25) is 0 Å². The minimum atomic E-state index is -3.41. The fraction of sp³-hybridized carbons (Fsp3) is 0.818. The summed E-state index contributed by atoms with van der Waals surface area (Å²) in [7, 11) is -3.41. The molecule has 1 aliphatic heterocycles. The van der Waals surface area contributed by atoms with Crippen molar-refractivity contribution in [1.82, 2.24) is 23.8 Å². The Bertz CT molecular complexity index is 507. The van der Waals surface area contributed by atoms with E-state index >= 15 is 0 Å². The molecule has 1 saturated heterocycles. The fourth-order valence-corrected chi connectivity index (χ4v) is 3.71. The lowest BCUT2D eigenvalue weighted by Gasteiger charge is -2.20. The highest BCUT2D eigenvalue weighted by Crippen LogP contribution is 2.16. The van der Waals surface area contributed by atoms with Crippen LogP contribution in [0.4, 0.5) is 0 Å². The Morgan fingerprint density at radius 1 is 1.42 bits per heavy atom. The third-order valence-electron chi connectivity index (χ3n) is 3.20. The lowest BCUT2D eigenvalue weighted by Crippen LogP contribution is -2.40. The van der Waals surface area contributed by atoms with E-state index in [2.05, 4.69) is 14.8 Å². The van der Waals surface area contributed by atoms with Crippen molar-refractivity contribution in [2.24, 2.45) is 0 Å². The molecule has 0 saturated carbocycles. The van der Waals surface area contributed by atoms with Crippen molar-refractivity contribution in [2.45, 2.75) is 45.7 Å². The largest absolute Gasteiger partial charge is 0.280 e. The Morgan fingerprint density at radius 3 is 2.74 bits per heavy atom. The minimum absolute atomic E-state index is 0.375. The van der Waals surface area contributed by atoms with Crippen LogP contribution in [-0.2, 0) is 16.8 Å². The van der Waals surface area contributed by atoms with Crippen LogP contribution in [0.15, 0.2) is 6.33 Å². The van der Waals surface area contributed by atoms with Gasteiger partial charge in [-0.15, -0.1) is 0 Å². The Kier molecular flexibility index (Phi) is 4.54. The molecule has 108 valence electrons. The summed E-state index contributed by atoms with van der Waals surface area (Å²) < 4.78 is 30.2. The van der Waals surface area contributed by atoms with Crippen molar-refractivity contribution >= 4 is 10.2 Å². The van der Waals surface area contributed by atoms with E-state index in [9.17, 15) is 8.42 Å². The number of rotatable bonds is 6. The minimum Gasteiger partial charge on any atom is -0.249 e. The van der Waals surface area contributed by atoms with E-state index in [1.807, 2.05) is 6.92 Å². The van der Waals surface area contributed by atoms with Gasteiger partial charge in [-0.1, -0.05) is 6.92 Å². The van der Waals surface area contributed by atoms with E-state index in [1.165, 1.54) is 10.6 Å². The van der Waals surface area contributed by atoms with E-state index in [0.29, 0.717) is 18.9 Å². The third-order valence-corrected chi connectivity index (χ3v) is 4.90. The molecule has 1 aliphatic rings. The molecule has 0 spiro atoms. The summed E-state index contributed by atoms with van der Waals surface area (Å²) in [5.74, 6) is 0.657. The molecule has 1 aromatic heterocycles. The van der Waals surface area contributed by atoms with Crippen LogP contribution in [0, 0.1) is 0 Å². The zero-order valence-electron chi connectivity index (χ0n) is 11.4. The van der Waals surface area contributed by atoms with Crippen LogP contribution in [0.5, 0.6) is 0 Å². The molecule has 1 fully saturated rings. The van der Waals surface area contributed by atoms with Gasteiger partial charge in [-0.3, -0.25) is 0 Å². The summed E-state index contributed by atoms with van der Waals surface area (Å²) in [5.41, 5.74) is 0. The Labute approximate surface area is 114 Å². The number of aryl methyl sites for hydroxylation is 1. The van der Waals surface area contributed by atoms with Gasteiger partial charge in [0.15, 0.2) is 0 Å². The van der Waals surface area contributed by atoms with E-state index in [-0.39, 0.29) is 6.04 Å². The molecular formula is C11H21N5O2S. The van der Waals surface area contributed by atoms with Crippen molar-refractivity contribution in [3.05, 3.63) is 12.2 Å². The Hall–Kier alpha value is -0.990. The molecular weight excluding hydrogens is 266 g/mol. The summed E-state index contributed by atoms with van der Waals surface area (Å²) in [6.07, 6.45) is 4.26. The molecule has 8 heteroatoms. The van der Waals surface area contributed by atoms with Crippen molar-refractivity contribution in [1.29, 1.82) is 0 Å². The predicted octanol–water partition coefficient (Wildman–Crippen LogP) is 0.679. The number of hydrogen-bond donors (Lipinski definition) is 1. The maximum atomic E-state index is 12.2. The second kappa shape index (κ2) is 5.98. The molecule has 2 rings (SSSR count). The van der Waals surface area contributed by atoms with Gasteiger partial charge in [-0.2, -0.15) is 22.5 Å². The quantitative estimate of drug-likeness (QED) is 0.834. The van der Waals surface area contributed by atoms with Gasteiger partial charge in [0.25, 0.3) is 10.2 Å². The highest BCUT2D eigenvalue weighted by atomic mass is 32.2. The first kappa shape index (κ1) is 14.4. The molecule has 7 nitrogen and oxygen atoms in total. The zero-order chi connectivity index (χ0) is 13.9. The van der Waals surface area contributed by atoms with E-state index in [0.717, 1.165) is 25.8 Å². The van der Waals surface area contributed by atoms with E-state index in [1.54, 1.807) is 11.6 Å².